The van der Waals surface area contributed by atoms with Crippen LogP contribution in [0.4, 0.5) is 0 Å². The summed E-state index contributed by atoms with van der Waals surface area (Å²) in [5, 5.41) is 8.04. The molecule has 0 aliphatic carbocycles. The molecule has 118 valence electrons. The summed E-state index contributed by atoms with van der Waals surface area (Å²) in [6, 6.07) is 0.388. The van der Waals surface area contributed by atoms with E-state index >= 15 is 0 Å². The van der Waals surface area contributed by atoms with Crippen molar-refractivity contribution in [1.82, 2.24) is 15.1 Å². The van der Waals surface area contributed by atoms with E-state index in [0.29, 0.717) is 6.04 Å². The maximum atomic E-state index is 6.05. The molecule has 1 fully saturated rings. The van der Waals surface area contributed by atoms with Gasteiger partial charge >= 0.3 is 0 Å². The molecular weight excluding hydrogens is 262 g/mol. The van der Waals surface area contributed by atoms with Gasteiger partial charge in [-0.15, -0.1) is 6.58 Å². The lowest BCUT2D eigenvalue weighted by atomic mass is 9.89. The normalized spacial score (nSPS) is 23.4. The van der Waals surface area contributed by atoms with Crippen molar-refractivity contribution in [1.29, 1.82) is 0 Å². The van der Waals surface area contributed by atoms with E-state index in [-0.39, 0.29) is 5.60 Å². The van der Waals surface area contributed by atoms with Gasteiger partial charge in [-0.3, -0.25) is 4.68 Å². The molecule has 1 aromatic rings. The fraction of sp³-hybridized carbons (Fsp3) is 0.706. The van der Waals surface area contributed by atoms with Gasteiger partial charge in [-0.05, 0) is 46.0 Å². The Morgan fingerprint density at radius 1 is 1.62 bits per heavy atom. The third-order valence-corrected chi connectivity index (χ3v) is 4.76. The lowest BCUT2D eigenvalue weighted by Gasteiger charge is -2.34. The van der Waals surface area contributed by atoms with Crippen LogP contribution in [-0.4, -0.2) is 28.0 Å². The minimum absolute atomic E-state index is 0.0305. The second kappa shape index (κ2) is 7.23. The second-order valence-corrected chi connectivity index (χ2v) is 6.30. The lowest BCUT2D eigenvalue weighted by molar-refractivity contribution is -0.0148. The van der Waals surface area contributed by atoms with Crippen LogP contribution in [0, 0.1) is 6.92 Å². The maximum Gasteiger partial charge on any atom is 0.0807 e. The third-order valence-electron chi connectivity index (χ3n) is 4.76. The van der Waals surface area contributed by atoms with Crippen molar-refractivity contribution in [2.75, 3.05) is 6.61 Å². The maximum absolute atomic E-state index is 6.05. The molecule has 1 aromatic heterocycles. The van der Waals surface area contributed by atoms with Crippen molar-refractivity contribution in [3.05, 3.63) is 30.1 Å². The molecule has 1 saturated heterocycles. The Kier molecular flexibility index (Phi) is 5.59. The fourth-order valence-electron chi connectivity index (χ4n) is 3.12. The number of rotatable bonds is 8. The summed E-state index contributed by atoms with van der Waals surface area (Å²) in [6.45, 7) is 9.93. The van der Waals surface area contributed by atoms with Crippen molar-refractivity contribution >= 4 is 0 Å². The summed E-state index contributed by atoms with van der Waals surface area (Å²) < 4.78 is 7.98. The molecule has 0 radical (unpaired) electrons. The predicted molar refractivity (Wildman–Crippen MR) is 86.2 cm³/mol. The largest absolute Gasteiger partial charge is 0.374 e. The summed E-state index contributed by atoms with van der Waals surface area (Å²) in [7, 11) is 1.99. The fourth-order valence-corrected chi connectivity index (χ4v) is 3.12. The number of hydrogen-bond donors (Lipinski definition) is 1. The van der Waals surface area contributed by atoms with Gasteiger partial charge in [0.2, 0.25) is 0 Å². The smallest absolute Gasteiger partial charge is 0.0807 e. The van der Waals surface area contributed by atoms with Crippen LogP contribution in [0.5, 0.6) is 0 Å². The van der Waals surface area contributed by atoms with Gasteiger partial charge in [-0.1, -0.05) is 6.08 Å². The van der Waals surface area contributed by atoms with Crippen LogP contribution in [0.1, 0.15) is 50.3 Å². The summed E-state index contributed by atoms with van der Waals surface area (Å²) >= 11 is 0. The zero-order valence-electron chi connectivity index (χ0n) is 13.7. The number of nitrogens with one attached hydrogen (secondary N) is 1. The van der Waals surface area contributed by atoms with Gasteiger partial charge in [0.15, 0.2) is 0 Å². The number of nitrogens with zero attached hydrogens (tertiary/aromatic N) is 2. The van der Waals surface area contributed by atoms with Gasteiger partial charge in [0.05, 0.1) is 11.8 Å². The van der Waals surface area contributed by atoms with E-state index in [1.54, 1.807) is 0 Å². The highest BCUT2D eigenvalue weighted by atomic mass is 16.5. The van der Waals surface area contributed by atoms with Crippen LogP contribution < -0.4 is 5.32 Å². The SMILES string of the molecule is C=CCCCC(NCc1cnn(C)c1C)C1(C)CCCO1. The van der Waals surface area contributed by atoms with E-state index in [2.05, 4.69) is 30.8 Å². The highest BCUT2D eigenvalue weighted by molar-refractivity contribution is 5.15. The van der Waals surface area contributed by atoms with Crippen molar-refractivity contribution in [2.45, 2.75) is 64.1 Å². The van der Waals surface area contributed by atoms with Crippen LogP contribution in [0.25, 0.3) is 0 Å². The Balaban J connectivity index is 1.98. The van der Waals surface area contributed by atoms with E-state index in [0.717, 1.165) is 38.8 Å². The van der Waals surface area contributed by atoms with Crippen LogP contribution >= 0.6 is 0 Å². The standard InChI is InChI=1S/C17H29N3O/c1-5-6-7-9-16(17(3)10-8-11-21-17)18-12-15-13-19-20(4)14(15)2/h5,13,16,18H,1,6-12H2,2-4H3. The molecule has 21 heavy (non-hydrogen) atoms. The summed E-state index contributed by atoms with van der Waals surface area (Å²) in [5.74, 6) is 0. The van der Waals surface area contributed by atoms with Crippen molar-refractivity contribution in [3.63, 3.8) is 0 Å². The lowest BCUT2D eigenvalue weighted by Crippen LogP contribution is -2.48. The van der Waals surface area contributed by atoms with Gasteiger partial charge in [0, 0.05) is 37.5 Å². The molecule has 1 aliphatic rings. The highest BCUT2D eigenvalue weighted by Crippen LogP contribution is 2.31. The minimum Gasteiger partial charge on any atom is -0.374 e. The molecule has 2 atom stereocenters. The molecule has 1 aliphatic heterocycles. The first-order chi connectivity index (χ1) is 10.1. The average molecular weight is 291 g/mol. The topological polar surface area (TPSA) is 39.1 Å². The van der Waals surface area contributed by atoms with Gasteiger partial charge in [-0.25, -0.2) is 0 Å². The first kappa shape index (κ1) is 16.2. The number of hydrogen-bond acceptors (Lipinski definition) is 3. The zero-order valence-corrected chi connectivity index (χ0v) is 13.7. The van der Waals surface area contributed by atoms with Crippen LogP contribution in [0.15, 0.2) is 18.9 Å². The minimum atomic E-state index is -0.0305. The molecule has 4 heteroatoms. The van der Waals surface area contributed by atoms with Crippen molar-refractivity contribution in [3.8, 4) is 0 Å². The molecule has 0 bridgehead atoms. The van der Waals surface area contributed by atoms with Crippen LogP contribution in [0.3, 0.4) is 0 Å². The molecule has 1 N–H and O–H groups in total. The number of aromatic nitrogens is 2. The molecule has 0 spiro atoms. The number of unbranched alkanes of at least 4 members (excludes halogenated alkanes) is 1. The number of aryl methyl sites for hydroxylation is 1. The Bertz CT molecular complexity index is 461. The number of allylic oxidation sites excluding steroid dienone is 1. The zero-order chi connectivity index (χ0) is 15.3. The Hall–Kier alpha value is -1.13. The third kappa shape index (κ3) is 3.95. The van der Waals surface area contributed by atoms with Gasteiger partial charge in [0.1, 0.15) is 0 Å². The van der Waals surface area contributed by atoms with Crippen LogP contribution in [-0.2, 0) is 18.3 Å². The molecule has 2 unspecified atom stereocenters. The van der Waals surface area contributed by atoms with Crippen molar-refractivity contribution < 1.29 is 4.74 Å². The molecule has 2 heterocycles. The highest BCUT2D eigenvalue weighted by Gasteiger charge is 2.37. The van der Waals surface area contributed by atoms with Gasteiger partial charge < -0.3 is 10.1 Å². The monoisotopic (exact) mass is 291 g/mol. The summed E-state index contributed by atoms with van der Waals surface area (Å²) in [5.41, 5.74) is 2.47. The first-order valence-electron chi connectivity index (χ1n) is 8.02. The predicted octanol–water partition coefficient (Wildman–Crippen LogP) is 3.11. The Labute approximate surface area is 128 Å². The quantitative estimate of drug-likeness (QED) is 0.591. The van der Waals surface area contributed by atoms with Gasteiger partial charge in [0.25, 0.3) is 0 Å². The van der Waals surface area contributed by atoms with E-state index in [4.69, 9.17) is 4.74 Å². The second-order valence-electron chi connectivity index (χ2n) is 6.30. The molecule has 0 aromatic carbocycles. The summed E-state index contributed by atoms with van der Waals surface area (Å²) in [6.07, 6.45) is 9.63. The van der Waals surface area contributed by atoms with E-state index in [1.165, 1.54) is 17.7 Å². The first-order valence-corrected chi connectivity index (χ1v) is 8.02. The molecule has 4 nitrogen and oxygen atoms in total. The van der Waals surface area contributed by atoms with E-state index in [1.807, 2.05) is 24.0 Å². The number of ether oxygens (including phenoxy) is 1. The Morgan fingerprint density at radius 2 is 2.43 bits per heavy atom. The van der Waals surface area contributed by atoms with Gasteiger partial charge in [-0.2, -0.15) is 5.10 Å². The van der Waals surface area contributed by atoms with Crippen molar-refractivity contribution in [2.24, 2.45) is 7.05 Å². The summed E-state index contributed by atoms with van der Waals surface area (Å²) in [4.78, 5) is 0. The van der Waals surface area contributed by atoms with E-state index < -0.39 is 0 Å². The molecular formula is C17H29N3O. The van der Waals surface area contributed by atoms with Crippen LogP contribution in [0.2, 0.25) is 0 Å². The molecule has 0 saturated carbocycles. The molecule has 0 amide bonds. The Morgan fingerprint density at radius 3 is 3.00 bits per heavy atom. The molecule has 2 rings (SSSR count). The average Bonchev–Trinajstić information content (AvgIpc) is 3.04. The van der Waals surface area contributed by atoms with E-state index in [9.17, 15) is 0 Å².